The van der Waals surface area contributed by atoms with E-state index in [0.29, 0.717) is 23.9 Å². The number of carbonyl (C=O) groups excluding carboxylic acids is 1. The molecular formula is C13H12F2N2O. The molecule has 0 amide bonds. The molecule has 3 nitrogen and oxygen atoms in total. The molecule has 1 atom stereocenters. The quantitative estimate of drug-likeness (QED) is 0.779. The van der Waals surface area contributed by atoms with E-state index in [2.05, 4.69) is 4.98 Å². The molecule has 1 aliphatic carbocycles. The highest BCUT2D eigenvalue weighted by Crippen LogP contribution is 2.29. The van der Waals surface area contributed by atoms with Gasteiger partial charge < -0.3 is 4.57 Å². The lowest BCUT2D eigenvalue weighted by Gasteiger charge is -2.22. The number of imidazole rings is 1. The van der Waals surface area contributed by atoms with E-state index in [1.807, 2.05) is 0 Å². The van der Waals surface area contributed by atoms with Crippen LogP contribution < -0.4 is 0 Å². The van der Waals surface area contributed by atoms with Gasteiger partial charge in [0.2, 0.25) is 0 Å². The molecule has 0 saturated heterocycles. The second kappa shape index (κ2) is 4.15. The van der Waals surface area contributed by atoms with Crippen LogP contribution in [-0.2, 0) is 4.79 Å². The van der Waals surface area contributed by atoms with Gasteiger partial charge in [-0.2, -0.15) is 0 Å². The highest BCUT2D eigenvalue weighted by Gasteiger charge is 2.22. The van der Waals surface area contributed by atoms with Crippen molar-refractivity contribution in [3.05, 3.63) is 30.1 Å². The Bertz CT molecular complexity index is 621. The number of hydrogen-bond donors (Lipinski definition) is 0. The zero-order valence-corrected chi connectivity index (χ0v) is 9.70. The molecule has 18 heavy (non-hydrogen) atoms. The summed E-state index contributed by atoms with van der Waals surface area (Å²) in [6, 6.07) is 2.25. The molecule has 1 aliphatic rings. The SMILES string of the molecule is O=C1CCCC(n2cnc3cc(F)c(F)cc32)C1. The number of halogens is 2. The Morgan fingerprint density at radius 2 is 2.06 bits per heavy atom. The van der Waals surface area contributed by atoms with Crippen LogP contribution in [0.2, 0.25) is 0 Å². The van der Waals surface area contributed by atoms with Gasteiger partial charge in [0.05, 0.1) is 17.4 Å². The summed E-state index contributed by atoms with van der Waals surface area (Å²) < 4.78 is 28.1. The molecule has 0 bridgehead atoms. The molecule has 3 rings (SSSR count). The molecule has 1 fully saturated rings. The summed E-state index contributed by atoms with van der Waals surface area (Å²) in [5.41, 5.74) is 0.973. The predicted molar refractivity (Wildman–Crippen MR) is 62.2 cm³/mol. The van der Waals surface area contributed by atoms with E-state index in [1.165, 1.54) is 0 Å². The van der Waals surface area contributed by atoms with Crippen molar-refractivity contribution in [1.82, 2.24) is 9.55 Å². The van der Waals surface area contributed by atoms with Crippen LogP contribution in [0.3, 0.4) is 0 Å². The Labute approximate surface area is 102 Å². The Balaban J connectivity index is 2.06. The highest BCUT2D eigenvalue weighted by molar-refractivity contribution is 5.80. The van der Waals surface area contributed by atoms with Crippen LogP contribution in [-0.4, -0.2) is 15.3 Å². The maximum Gasteiger partial charge on any atom is 0.161 e. The first-order valence-electron chi connectivity index (χ1n) is 5.98. The van der Waals surface area contributed by atoms with E-state index >= 15 is 0 Å². The maximum atomic E-state index is 13.3. The van der Waals surface area contributed by atoms with Crippen molar-refractivity contribution in [2.75, 3.05) is 0 Å². The normalized spacial score (nSPS) is 20.6. The molecule has 1 aromatic carbocycles. The number of hydrogen-bond acceptors (Lipinski definition) is 2. The fourth-order valence-corrected chi connectivity index (χ4v) is 2.55. The van der Waals surface area contributed by atoms with E-state index in [9.17, 15) is 13.6 Å². The van der Waals surface area contributed by atoms with Gasteiger partial charge in [0.15, 0.2) is 11.6 Å². The molecule has 1 heterocycles. The Kier molecular flexibility index (Phi) is 2.61. The average Bonchev–Trinajstić information content (AvgIpc) is 2.73. The number of carbonyl (C=O) groups is 1. The van der Waals surface area contributed by atoms with Crippen molar-refractivity contribution < 1.29 is 13.6 Å². The minimum Gasteiger partial charge on any atom is -0.327 e. The number of ketones is 1. The largest absolute Gasteiger partial charge is 0.327 e. The third-order valence-electron chi connectivity index (χ3n) is 3.47. The molecular weight excluding hydrogens is 238 g/mol. The monoisotopic (exact) mass is 250 g/mol. The van der Waals surface area contributed by atoms with Gasteiger partial charge in [-0.1, -0.05) is 0 Å². The number of aromatic nitrogens is 2. The standard InChI is InChI=1S/C13H12F2N2O/c14-10-5-12-13(6-11(10)15)17(7-16-12)8-2-1-3-9(18)4-8/h5-8H,1-4H2. The summed E-state index contributed by atoms with van der Waals surface area (Å²) in [7, 11) is 0. The topological polar surface area (TPSA) is 34.9 Å². The molecule has 0 aliphatic heterocycles. The molecule has 2 aromatic rings. The molecule has 0 radical (unpaired) electrons. The van der Waals surface area contributed by atoms with Crippen LogP contribution in [0.4, 0.5) is 8.78 Å². The van der Waals surface area contributed by atoms with E-state index < -0.39 is 11.6 Å². The molecule has 0 spiro atoms. The van der Waals surface area contributed by atoms with Crippen LogP contribution in [0.15, 0.2) is 18.5 Å². The van der Waals surface area contributed by atoms with E-state index in [-0.39, 0.29) is 11.8 Å². The van der Waals surface area contributed by atoms with Crippen LogP contribution in [0.25, 0.3) is 11.0 Å². The fourth-order valence-electron chi connectivity index (χ4n) is 2.55. The van der Waals surface area contributed by atoms with Crippen molar-refractivity contribution in [2.24, 2.45) is 0 Å². The molecule has 1 saturated carbocycles. The Morgan fingerprint density at radius 1 is 1.28 bits per heavy atom. The van der Waals surface area contributed by atoms with E-state index in [4.69, 9.17) is 0 Å². The summed E-state index contributed by atoms with van der Waals surface area (Å²) in [6.07, 6.45) is 4.34. The number of nitrogens with zero attached hydrogens (tertiary/aromatic N) is 2. The summed E-state index contributed by atoms with van der Waals surface area (Å²) >= 11 is 0. The number of benzene rings is 1. The molecule has 1 unspecified atom stereocenters. The second-order valence-electron chi connectivity index (χ2n) is 4.70. The van der Waals surface area contributed by atoms with Gasteiger partial charge in [-0.3, -0.25) is 4.79 Å². The zero-order valence-electron chi connectivity index (χ0n) is 9.70. The van der Waals surface area contributed by atoms with E-state index in [1.54, 1.807) is 10.9 Å². The lowest BCUT2D eigenvalue weighted by molar-refractivity contribution is -0.121. The second-order valence-corrected chi connectivity index (χ2v) is 4.70. The Morgan fingerprint density at radius 3 is 2.83 bits per heavy atom. The summed E-state index contributed by atoms with van der Waals surface area (Å²) in [5.74, 6) is -1.56. The minimum atomic E-state index is -0.896. The van der Waals surface area contributed by atoms with Crippen LogP contribution in [0.1, 0.15) is 31.7 Å². The van der Waals surface area contributed by atoms with Crippen molar-refractivity contribution in [3.63, 3.8) is 0 Å². The van der Waals surface area contributed by atoms with Crippen LogP contribution in [0.5, 0.6) is 0 Å². The third kappa shape index (κ3) is 1.79. The van der Waals surface area contributed by atoms with Gasteiger partial charge in [-0.05, 0) is 12.8 Å². The highest BCUT2D eigenvalue weighted by atomic mass is 19.2. The number of fused-ring (bicyclic) bond motifs is 1. The number of rotatable bonds is 1. The molecule has 0 N–H and O–H groups in total. The predicted octanol–water partition coefficient (Wildman–Crippen LogP) is 3.00. The van der Waals surface area contributed by atoms with Crippen molar-refractivity contribution in [3.8, 4) is 0 Å². The summed E-state index contributed by atoms with van der Waals surface area (Å²) in [5, 5.41) is 0. The number of Topliss-reactive ketones (excluding diaryl/α,β-unsaturated/α-hetero) is 1. The van der Waals surface area contributed by atoms with Gasteiger partial charge in [0, 0.05) is 31.0 Å². The molecule has 94 valence electrons. The lowest BCUT2D eigenvalue weighted by atomic mass is 9.94. The van der Waals surface area contributed by atoms with Crippen LogP contribution >= 0.6 is 0 Å². The van der Waals surface area contributed by atoms with Gasteiger partial charge >= 0.3 is 0 Å². The lowest BCUT2D eigenvalue weighted by Crippen LogP contribution is -2.18. The zero-order chi connectivity index (χ0) is 12.7. The van der Waals surface area contributed by atoms with E-state index in [0.717, 1.165) is 25.0 Å². The maximum absolute atomic E-state index is 13.3. The van der Waals surface area contributed by atoms with Gasteiger partial charge in [-0.15, -0.1) is 0 Å². The van der Waals surface area contributed by atoms with Gasteiger partial charge in [0.25, 0.3) is 0 Å². The molecule has 1 aromatic heterocycles. The third-order valence-corrected chi connectivity index (χ3v) is 3.47. The van der Waals surface area contributed by atoms with Crippen molar-refractivity contribution in [1.29, 1.82) is 0 Å². The first kappa shape index (κ1) is 11.3. The van der Waals surface area contributed by atoms with Gasteiger partial charge in [0.1, 0.15) is 5.78 Å². The van der Waals surface area contributed by atoms with Crippen LogP contribution in [0, 0.1) is 11.6 Å². The smallest absolute Gasteiger partial charge is 0.161 e. The Hall–Kier alpha value is -1.78. The first-order chi connectivity index (χ1) is 8.65. The molecule has 5 heteroatoms. The summed E-state index contributed by atoms with van der Waals surface area (Å²) in [6.45, 7) is 0. The first-order valence-corrected chi connectivity index (χ1v) is 5.98. The average molecular weight is 250 g/mol. The summed E-state index contributed by atoms with van der Waals surface area (Å²) in [4.78, 5) is 15.5. The fraction of sp³-hybridized carbons (Fsp3) is 0.385. The van der Waals surface area contributed by atoms with Crippen molar-refractivity contribution in [2.45, 2.75) is 31.7 Å². The van der Waals surface area contributed by atoms with Gasteiger partial charge in [-0.25, -0.2) is 13.8 Å². The van der Waals surface area contributed by atoms with Crippen molar-refractivity contribution >= 4 is 16.8 Å². The minimum absolute atomic E-state index is 0.0149.